The summed E-state index contributed by atoms with van der Waals surface area (Å²) in [6, 6.07) is 9.77. The fraction of sp³-hybridized carbons (Fsp3) is 0.143. The second-order valence-electron chi connectivity index (χ2n) is 4.37. The average molecular weight is 239 g/mol. The van der Waals surface area contributed by atoms with Crippen LogP contribution in [-0.4, -0.2) is 9.97 Å². The molecule has 0 fully saturated rings. The average Bonchev–Trinajstić information content (AvgIpc) is 2.36. The Balaban J connectivity index is 2.54. The van der Waals surface area contributed by atoms with Crippen molar-refractivity contribution in [2.75, 3.05) is 0 Å². The Hall–Kier alpha value is -2.20. The molecule has 0 aliphatic carbocycles. The number of nitrogens with one attached hydrogen (secondary N) is 1. The van der Waals surface area contributed by atoms with E-state index in [1.165, 1.54) is 0 Å². The highest BCUT2D eigenvalue weighted by molar-refractivity contribution is 6.05. The zero-order chi connectivity index (χ0) is 12.7. The molecule has 3 rings (SSSR count). The summed E-state index contributed by atoms with van der Waals surface area (Å²) in [5.41, 5.74) is 7.28. The second kappa shape index (κ2) is 3.92. The molecule has 0 atom stereocenters. The molecule has 3 aromatic rings. The van der Waals surface area contributed by atoms with E-state index in [4.69, 9.17) is 5.73 Å². The van der Waals surface area contributed by atoms with Crippen molar-refractivity contribution in [3.05, 3.63) is 52.1 Å². The Labute approximate surface area is 103 Å². The van der Waals surface area contributed by atoms with Crippen LogP contribution in [0.1, 0.15) is 11.4 Å². The predicted octanol–water partition coefficient (Wildman–Crippen LogP) is 1.84. The Kier molecular flexibility index (Phi) is 2.38. The molecule has 90 valence electrons. The van der Waals surface area contributed by atoms with Crippen molar-refractivity contribution in [1.82, 2.24) is 9.97 Å². The molecule has 0 unspecified atom stereocenters. The number of H-pyrrole nitrogens is 1. The molecule has 4 nitrogen and oxygen atoms in total. The first-order valence-corrected chi connectivity index (χ1v) is 5.81. The Morgan fingerprint density at radius 2 is 2.06 bits per heavy atom. The highest BCUT2D eigenvalue weighted by Crippen LogP contribution is 2.22. The molecule has 3 N–H and O–H groups in total. The van der Waals surface area contributed by atoms with Crippen LogP contribution in [0.15, 0.2) is 35.1 Å². The molecule has 0 aliphatic heterocycles. The van der Waals surface area contributed by atoms with Crippen LogP contribution < -0.4 is 11.3 Å². The molecule has 0 amide bonds. The number of rotatable bonds is 1. The van der Waals surface area contributed by atoms with Crippen molar-refractivity contribution >= 4 is 21.7 Å². The van der Waals surface area contributed by atoms with E-state index < -0.39 is 0 Å². The molecule has 0 spiro atoms. The first-order valence-electron chi connectivity index (χ1n) is 5.81. The van der Waals surface area contributed by atoms with E-state index in [0.29, 0.717) is 17.8 Å². The number of benzene rings is 2. The van der Waals surface area contributed by atoms with E-state index in [-0.39, 0.29) is 5.56 Å². The largest absolute Gasteiger partial charge is 0.326 e. The van der Waals surface area contributed by atoms with E-state index in [0.717, 1.165) is 21.9 Å². The summed E-state index contributed by atoms with van der Waals surface area (Å²) in [4.78, 5) is 19.2. The van der Waals surface area contributed by atoms with Crippen LogP contribution in [0.25, 0.3) is 21.7 Å². The van der Waals surface area contributed by atoms with Gasteiger partial charge in [-0.1, -0.05) is 18.2 Å². The van der Waals surface area contributed by atoms with Gasteiger partial charge in [0.1, 0.15) is 5.82 Å². The van der Waals surface area contributed by atoms with Crippen molar-refractivity contribution in [2.24, 2.45) is 5.73 Å². The summed E-state index contributed by atoms with van der Waals surface area (Å²) in [6.07, 6.45) is 0. The molecule has 0 saturated carbocycles. The molecule has 0 bridgehead atoms. The van der Waals surface area contributed by atoms with Gasteiger partial charge in [0.05, 0.1) is 10.9 Å². The van der Waals surface area contributed by atoms with Gasteiger partial charge in [0.2, 0.25) is 0 Å². The summed E-state index contributed by atoms with van der Waals surface area (Å²) in [5.74, 6) is 0.627. The van der Waals surface area contributed by atoms with Gasteiger partial charge in [0, 0.05) is 6.54 Å². The molecule has 0 aliphatic rings. The van der Waals surface area contributed by atoms with Crippen molar-refractivity contribution in [3.63, 3.8) is 0 Å². The summed E-state index contributed by atoms with van der Waals surface area (Å²) in [7, 11) is 0. The van der Waals surface area contributed by atoms with E-state index in [2.05, 4.69) is 9.97 Å². The van der Waals surface area contributed by atoms with Gasteiger partial charge < -0.3 is 10.7 Å². The third-order valence-electron chi connectivity index (χ3n) is 3.11. The van der Waals surface area contributed by atoms with Crippen LogP contribution in [0, 0.1) is 6.92 Å². The monoisotopic (exact) mass is 239 g/mol. The van der Waals surface area contributed by atoms with E-state index in [1.807, 2.05) is 30.3 Å². The quantitative estimate of drug-likeness (QED) is 0.636. The van der Waals surface area contributed by atoms with Crippen LogP contribution in [0.2, 0.25) is 0 Å². The zero-order valence-electron chi connectivity index (χ0n) is 10.0. The SMILES string of the molecule is Cc1nc2ccc3ccc(CN)cc3c2c(=O)[nH]1. The van der Waals surface area contributed by atoms with Crippen LogP contribution in [-0.2, 0) is 6.54 Å². The van der Waals surface area contributed by atoms with Crippen molar-refractivity contribution in [1.29, 1.82) is 0 Å². The highest BCUT2D eigenvalue weighted by Gasteiger charge is 2.07. The van der Waals surface area contributed by atoms with Crippen molar-refractivity contribution in [3.8, 4) is 0 Å². The number of aryl methyl sites for hydroxylation is 1. The van der Waals surface area contributed by atoms with Crippen molar-refractivity contribution < 1.29 is 0 Å². The molecule has 1 heterocycles. The molecule has 18 heavy (non-hydrogen) atoms. The first kappa shape index (κ1) is 10.9. The molecule has 2 aromatic carbocycles. The summed E-state index contributed by atoms with van der Waals surface area (Å²) >= 11 is 0. The number of hydrogen-bond donors (Lipinski definition) is 2. The summed E-state index contributed by atoms with van der Waals surface area (Å²) in [5, 5.41) is 2.56. The Bertz CT molecular complexity index is 805. The van der Waals surface area contributed by atoms with Gasteiger partial charge in [0.25, 0.3) is 5.56 Å². The number of nitrogens with two attached hydrogens (primary N) is 1. The number of aromatic nitrogens is 2. The normalized spacial score (nSPS) is 11.2. The van der Waals surface area contributed by atoms with Gasteiger partial charge in [-0.15, -0.1) is 0 Å². The van der Waals surface area contributed by atoms with Gasteiger partial charge in [-0.3, -0.25) is 4.79 Å². The predicted molar refractivity (Wildman–Crippen MR) is 72.5 cm³/mol. The maximum atomic E-state index is 12.1. The smallest absolute Gasteiger partial charge is 0.259 e. The number of nitrogens with zero attached hydrogens (tertiary/aromatic N) is 1. The minimum absolute atomic E-state index is 0.0997. The minimum Gasteiger partial charge on any atom is -0.326 e. The highest BCUT2D eigenvalue weighted by atomic mass is 16.1. The third kappa shape index (κ3) is 1.58. The lowest BCUT2D eigenvalue weighted by Crippen LogP contribution is -2.10. The Morgan fingerprint density at radius 3 is 2.83 bits per heavy atom. The lowest BCUT2D eigenvalue weighted by Gasteiger charge is -2.05. The summed E-state index contributed by atoms with van der Waals surface area (Å²) < 4.78 is 0. The standard InChI is InChI=1S/C14H13N3O/c1-8-16-12-5-4-10-3-2-9(7-15)6-11(10)13(12)14(18)17-8/h2-6H,7,15H2,1H3,(H,16,17,18). The molecule has 0 saturated heterocycles. The maximum absolute atomic E-state index is 12.1. The van der Waals surface area contributed by atoms with Gasteiger partial charge in [0.15, 0.2) is 0 Å². The van der Waals surface area contributed by atoms with E-state index in [9.17, 15) is 4.79 Å². The van der Waals surface area contributed by atoms with Crippen molar-refractivity contribution in [2.45, 2.75) is 13.5 Å². The van der Waals surface area contributed by atoms with Crippen LogP contribution in [0.5, 0.6) is 0 Å². The van der Waals surface area contributed by atoms with Gasteiger partial charge >= 0.3 is 0 Å². The lowest BCUT2D eigenvalue weighted by atomic mass is 10.0. The fourth-order valence-corrected chi connectivity index (χ4v) is 2.25. The van der Waals surface area contributed by atoms with Crippen LogP contribution >= 0.6 is 0 Å². The maximum Gasteiger partial charge on any atom is 0.259 e. The van der Waals surface area contributed by atoms with Gasteiger partial charge in [-0.2, -0.15) is 0 Å². The Morgan fingerprint density at radius 1 is 1.28 bits per heavy atom. The van der Waals surface area contributed by atoms with Crippen LogP contribution in [0.4, 0.5) is 0 Å². The van der Waals surface area contributed by atoms with E-state index in [1.54, 1.807) is 6.92 Å². The second-order valence-corrected chi connectivity index (χ2v) is 4.37. The van der Waals surface area contributed by atoms with E-state index >= 15 is 0 Å². The zero-order valence-corrected chi connectivity index (χ0v) is 10.0. The molecule has 0 radical (unpaired) electrons. The molecular weight excluding hydrogens is 226 g/mol. The summed E-state index contributed by atoms with van der Waals surface area (Å²) in [6.45, 7) is 2.24. The molecular formula is C14H13N3O. The topological polar surface area (TPSA) is 71.8 Å². The number of aromatic amines is 1. The third-order valence-corrected chi connectivity index (χ3v) is 3.11. The first-order chi connectivity index (χ1) is 8.69. The molecule has 4 heteroatoms. The number of fused-ring (bicyclic) bond motifs is 3. The fourth-order valence-electron chi connectivity index (χ4n) is 2.25. The van der Waals surface area contributed by atoms with Crippen LogP contribution in [0.3, 0.4) is 0 Å². The number of hydrogen-bond acceptors (Lipinski definition) is 3. The lowest BCUT2D eigenvalue weighted by molar-refractivity contribution is 1.06. The molecule has 1 aromatic heterocycles. The minimum atomic E-state index is -0.0997. The van der Waals surface area contributed by atoms with Gasteiger partial charge in [-0.05, 0) is 35.4 Å². The van der Waals surface area contributed by atoms with Gasteiger partial charge in [-0.25, -0.2) is 4.98 Å².